The molecule has 0 aliphatic heterocycles. The summed E-state index contributed by atoms with van der Waals surface area (Å²) < 4.78 is 0. The fourth-order valence-corrected chi connectivity index (χ4v) is 1.99. The van der Waals surface area contributed by atoms with Crippen molar-refractivity contribution in [3.8, 4) is 0 Å². The molecule has 0 spiro atoms. The van der Waals surface area contributed by atoms with Crippen LogP contribution in [0.4, 0.5) is 0 Å². The number of nitrogens with zero attached hydrogens (tertiary/aromatic N) is 2. The average molecular weight is 212 g/mol. The van der Waals surface area contributed by atoms with E-state index in [1.165, 1.54) is 6.33 Å². The molecule has 0 saturated heterocycles. The summed E-state index contributed by atoms with van der Waals surface area (Å²) in [7, 11) is 0. The van der Waals surface area contributed by atoms with Gasteiger partial charge in [-0.05, 0) is 18.8 Å². The number of aromatic nitrogens is 2. The summed E-state index contributed by atoms with van der Waals surface area (Å²) in [4.78, 5) is 8.27. The normalized spacial score (nSPS) is 18.6. The molecule has 1 aromatic rings. The van der Waals surface area contributed by atoms with E-state index in [0.29, 0.717) is 11.1 Å². The minimum Gasteiger partial charge on any atom is -0.321 e. The lowest BCUT2D eigenvalue weighted by Crippen LogP contribution is -2.23. The Morgan fingerprint density at radius 2 is 2.07 bits per heavy atom. The third-order valence-corrected chi connectivity index (χ3v) is 2.95. The van der Waals surface area contributed by atoms with Gasteiger partial charge in [0, 0.05) is 11.1 Å². The third kappa shape index (κ3) is 1.51. The van der Waals surface area contributed by atoms with Crippen LogP contribution in [0, 0.1) is 0 Å². The van der Waals surface area contributed by atoms with Gasteiger partial charge in [0.15, 0.2) is 0 Å². The molecule has 1 fully saturated rings. The lowest BCUT2D eigenvalue weighted by atomic mass is 9.98. The molecule has 0 bridgehead atoms. The van der Waals surface area contributed by atoms with Gasteiger partial charge in [-0.25, -0.2) is 9.97 Å². The monoisotopic (exact) mass is 211 g/mol. The molecular formula is C10H14ClN3. The van der Waals surface area contributed by atoms with Crippen molar-refractivity contribution in [2.45, 2.75) is 38.1 Å². The fourth-order valence-electron chi connectivity index (χ4n) is 1.66. The Labute approximate surface area is 88.7 Å². The van der Waals surface area contributed by atoms with Crippen LogP contribution < -0.4 is 5.73 Å². The maximum absolute atomic E-state index is 6.14. The molecule has 1 aliphatic carbocycles. The molecular weight excluding hydrogens is 198 g/mol. The first kappa shape index (κ1) is 9.87. The van der Waals surface area contributed by atoms with Crippen molar-refractivity contribution in [1.82, 2.24) is 9.97 Å². The van der Waals surface area contributed by atoms with Gasteiger partial charge in [0.05, 0.1) is 5.69 Å². The van der Waals surface area contributed by atoms with E-state index in [1.807, 2.05) is 0 Å². The number of halogens is 1. The first-order valence-corrected chi connectivity index (χ1v) is 5.22. The van der Waals surface area contributed by atoms with Gasteiger partial charge in [-0.3, -0.25) is 0 Å². The average Bonchev–Trinajstić information content (AvgIpc) is 2.84. The van der Waals surface area contributed by atoms with Gasteiger partial charge in [0.25, 0.3) is 0 Å². The Morgan fingerprint density at radius 1 is 1.43 bits per heavy atom. The van der Waals surface area contributed by atoms with Gasteiger partial charge in [0.2, 0.25) is 0 Å². The summed E-state index contributed by atoms with van der Waals surface area (Å²) in [6.45, 7) is 4.18. The van der Waals surface area contributed by atoms with Crippen LogP contribution in [0.3, 0.4) is 0 Å². The van der Waals surface area contributed by atoms with Crippen molar-refractivity contribution < 1.29 is 0 Å². The predicted octanol–water partition coefficient (Wildman–Crippen LogP) is 2.20. The molecule has 1 aliphatic rings. The Morgan fingerprint density at radius 3 is 2.57 bits per heavy atom. The topological polar surface area (TPSA) is 51.8 Å². The van der Waals surface area contributed by atoms with Crippen LogP contribution in [-0.4, -0.2) is 9.97 Å². The molecule has 2 rings (SSSR count). The van der Waals surface area contributed by atoms with Crippen LogP contribution in [0.25, 0.3) is 0 Å². The molecule has 1 aromatic heterocycles. The Hall–Kier alpha value is -0.670. The zero-order valence-electron chi connectivity index (χ0n) is 8.42. The van der Waals surface area contributed by atoms with E-state index < -0.39 is 0 Å². The van der Waals surface area contributed by atoms with Crippen molar-refractivity contribution in [1.29, 1.82) is 0 Å². The highest BCUT2D eigenvalue weighted by Gasteiger charge is 2.44. The van der Waals surface area contributed by atoms with E-state index in [2.05, 4.69) is 23.8 Å². The maximum Gasteiger partial charge on any atom is 0.137 e. The van der Waals surface area contributed by atoms with Gasteiger partial charge in [-0.1, -0.05) is 25.4 Å². The van der Waals surface area contributed by atoms with E-state index in [0.717, 1.165) is 24.1 Å². The van der Waals surface area contributed by atoms with Crippen molar-refractivity contribution in [3.63, 3.8) is 0 Å². The second-order valence-electron chi connectivity index (χ2n) is 4.24. The molecule has 3 nitrogen and oxygen atoms in total. The highest BCUT2D eigenvalue weighted by molar-refractivity contribution is 6.30. The Kier molecular flexibility index (Phi) is 2.24. The minimum absolute atomic E-state index is 0.252. The van der Waals surface area contributed by atoms with E-state index in [-0.39, 0.29) is 5.54 Å². The second kappa shape index (κ2) is 3.17. The Balaban J connectivity index is 2.54. The quantitative estimate of drug-likeness (QED) is 0.764. The molecule has 0 atom stereocenters. The summed E-state index contributed by atoms with van der Waals surface area (Å²) in [6.07, 6.45) is 3.48. The zero-order chi connectivity index (χ0) is 10.3. The summed E-state index contributed by atoms with van der Waals surface area (Å²) in [5, 5.41) is 0.517. The molecule has 0 aromatic carbocycles. The molecule has 14 heavy (non-hydrogen) atoms. The van der Waals surface area contributed by atoms with Gasteiger partial charge < -0.3 is 5.73 Å². The van der Waals surface area contributed by atoms with Crippen LogP contribution in [0.5, 0.6) is 0 Å². The van der Waals surface area contributed by atoms with Crippen LogP contribution in [0.1, 0.15) is 43.9 Å². The van der Waals surface area contributed by atoms with Gasteiger partial charge >= 0.3 is 0 Å². The molecule has 0 radical (unpaired) electrons. The van der Waals surface area contributed by atoms with Crippen LogP contribution >= 0.6 is 11.6 Å². The fraction of sp³-hybridized carbons (Fsp3) is 0.600. The smallest absolute Gasteiger partial charge is 0.137 e. The van der Waals surface area contributed by atoms with Crippen LogP contribution in [-0.2, 0) is 5.54 Å². The first-order chi connectivity index (χ1) is 6.54. The summed E-state index contributed by atoms with van der Waals surface area (Å²) in [5.74, 6) is 0.339. The van der Waals surface area contributed by atoms with Gasteiger partial charge in [0.1, 0.15) is 11.5 Å². The second-order valence-corrected chi connectivity index (χ2v) is 4.59. The largest absolute Gasteiger partial charge is 0.321 e. The summed E-state index contributed by atoms with van der Waals surface area (Å²) in [5.41, 5.74) is 7.84. The van der Waals surface area contributed by atoms with E-state index in [9.17, 15) is 0 Å². The number of hydrogen-bond donors (Lipinski definition) is 1. The number of hydrogen-bond acceptors (Lipinski definition) is 3. The SMILES string of the molecule is CC(C)c1ncnc(Cl)c1C1(N)CC1. The summed E-state index contributed by atoms with van der Waals surface area (Å²) >= 11 is 6.07. The van der Waals surface area contributed by atoms with Gasteiger partial charge in [-0.2, -0.15) is 0 Å². The van der Waals surface area contributed by atoms with Crippen LogP contribution in [0.15, 0.2) is 6.33 Å². The highest BCUT2D eigenvalue weighted by Crippen LogP contribution is 2.47. The van der Waals surface area contributed by atoms with Crippen molar-refractivity contribution >= 4 is 11.6 Å². The number of nitrogens with two attached hydrogens (primary N) is 1. The third-order valence-electron chi connectivity index (χ3n) is 2.66. The van der Waals surface area contributed by atoms with Crippen molar-refractivity contribution in [3.05, 3.63) is 22.7 Å². The number of rotatable bonds is 2. The van der Waals surface area contributed by atoms with E-state index in [1.54, 1.807) is 0 Å². The first-order valence-electron chi connectivity index (χ1n) is 4.84. The molecule has 76 valence electrons. The lowest BCUT2D eigenvalue weighted by Gasteiger charge is -2.17. The maximum atomic E-state index is 6.14. The van der Waals surface area contributed by atoms with Crippen molar-refractivity contribution in [2.75, 3.05) is 0 Å². The molecule has 1 heterocycles. The molecule has 2 N–H and O–H groups in total. The molecule has 0 amide bonds. The lowest BCUT2D eigenvalue weighted by molar-refractivity contribution is 0.682. The Bertz CT molecular complexity index is 358. The van der Waals surface area contributed by atoms with Crippen LogP contribution in [0.2, 0.25) is 5.15 Å². The highest BCUT2D eigenvalue weighted by atomic mass is 35.5. The zero-order valence-corrected chi connectivity index (χ0v) is 9.17. The summed E-state index contributed by atoms with van der Waals surface area (Å²) in [6, 6.07) is 0. The standard InChI is InChI=1S/C10H14ClN3/c1-6(2)8-7(10(12)3-4-10)9(11)14-5-13-8/h5-6H,3-4,12H2,1-2H3. The molecule has 4 heteroatoms. The van der Waals surface area contributed by atoms with Crippen molar-refractivity contribution in [2.24, 2.45) is 5.73 Å². The molecule has 1 saturated carbocycles. The van der Waals surface area contributed by atoms with Gasteiger partial charge in [-0.15, -0.1) is 0 Å². The predicted molar refractivity (Wildman–Crippen MR) is 56.2 cm³/mol. The van der Waals surface area contributed by atoms with E-state index in [4.69, 9.17) is 17.3 Å². The minimum atomic E-state index is -0.252. The van der Waals surface area contributed by atoms with E-state index >= 15 is 0 Å². The molecule has 0 unspecified atom stereocenters.